The van der Waals surface area contributed by atoms with Gasteiger partial charge in [-0.05, 0) is 12.1 Å². The van der Waals surface area contributed by atoms with Gasteiger partial charge in [-0.1, -0.05) is 12.1 Å². The molecule has 0 aliphatic carbocycles. The molecule has 1 aromatic carbocycles. The summed E-state index contributed by atoms with van der Waals surface area (Å²) in [6.45, 7) is 1.27. The van der Waals surface area contributed by atoms with Crippen LogP contribution < -0.4 is 10.6 Å². The van der Waals surface area contributed by atoms with E-state index < -0.39 is 12.1 Å². The van der Waals surface area contributed by atoms with Crippen LogP contribution in [0.3, 0.4) is 0 Å². The maximum absolute atomic E-state index is 10.8. The lowest BCUT2D eigenvalue weighted by molar-refractivity contribution is -0.142. The predicted octanol–water partition coefficient (Wildman–Crippen LogP) is 1.82. The molecule has 5 heteroatoms. The number of rotatable bonds is 2. The van der Waals surface area contributed by atoms with Crippen LogP contribution in [0.2, 0.25) is 0 Å². The number of anilines is 2. The van der Waals surface area contributed by atoms with Crippen LogP contribution in [0.5, 0.6) is 0 Å². The zero-order chi connectivity index (χ0) is 12.3. The quantitative estimate of drug-likeness (QED) is 0.757. The first-order chi connectivity index (χ1) is 8.19. The normalized spacial score (nSPS) is 13.8. The molecule has 0 saturated carbocycles. The highest BCUT2D eigenvalue weighted by atomic mass is 16.5. The first kappa shape index (κ1) is 11.0. The largest absolute Gasteiger partial charge is 0.443 e. The van der Waals surface area contributed by atoms with Crippen molar-refractivity contribution in [3.63, 3.8) is 0 Å². The van der Waals surface area contributed by atoms with Gasteiger partial charge in [0.1, 0.15) is 11.9 Å². The number of nitrogens with zero attached hydrogens (tertiary/aromatic N) is 1. The monoisotopic (exact) mass is 229 g/mol. The number of carbonyl (C=O) groups excluding carboxylic acids is 1. The smallest absolute Gasteiger partial charge is 0.304 e. The zero-order valence-electron chi connectivity index (χ0n) is 9.23. The Labute approximate surface area is 98.7 Å². The van der Waals surface area contributed by atoms with E-state index in [-0.39, 0.29) is 0 Å². The zero-order valence-corrected chi connectivity index (χ0v) is 9.23. The number of hydrogen-bond donors (Lipinski definition) is 2. The second kappa shape index (κ2) is 4.58. The molecule has 0 bridgehead atoms. The van der Waals surface area contributed by atoms with E-state index in [1.54, 1.807) is 0 Å². The van der Waals surface area contributed by atoms with Gasteiger partial charge in [-0.2, -0.15) is 5.26 Å². The molecule has 2 N–H and O–H groups in total. The van der Waals surface area contributed by atoms with Gasteiger partial charge in [0.25, 0.3) is 0 Å². The average molecular weight is 229 g/mol. The molecule has 5 nitrogen and oxygen atoms in total. The Balaban J connectivity index is 2.11. The van der Waals surface area contributed by atoms with Gasteiger partial charge in [-0.25, -0.2) is 0 Å². The molecule has 0 saturated heterocycles. The van der Waals surface area contributed by atoms with Crippen molar-refractivity contribution in [2.75, 3.05) is 10.6 Å². The number of benzene rings is 1. The van der Waals surface area contributed by atoms with Crippen LogP contribution in [0.25, 0.3) is 0 Å². The topological polar surface area (TPSA) is 74.2 Å². The fourth-order valence-corrected chi connectivity index (χ4v) is 1.53. The number of hydrogen-bond acceptors (Lipinski definition) is 5. The molecule has 1 aromatic rings. The van der Waals surface area contributed by atoms with Gasteiger partial charge in [0.2, 0.25) is 6.10 Å². The van der Waals surface area contributed by atoms with Crippen molar-refractivity contribution in [1.29, 1.82) is 5.26 Å². The third kappa shape index (κ3) is 2.55. The molecule has 17 heavy (non-hydrogen) atoms. The highest BCUT2D eigenvalue weighted by molar-refractivity contribution is 5.78. The lowest BCUT2D eigenvalue weighted by Gasteiger charge is -2.06. The Hall–Kier alpha value is -2.48. The molecule has 1 unspecified atom stereocenters. The molecular weight excluding hydrogens is 218 g/mol. The van der Waals surface area contributed by atoms with Gasteiger partial charge in [0.05, 0.1) is 11.4 Å². The van der Waals surface area contributed by atoms with Gasteiger partial charge in [-0.3, -0.25) is 4.79 Å². The summed E-state index contributed by atoms with van der Waals surface area (Å²) in [6.07, 6.45) is 0.637. The van der Waals surface area contributed by atoms with Crippen molar-refractivity contribution < 1.29 is 9.53 Å². The molecule has 1 heterocycles. The fourth-order valence-electron chi connectivity index (χ4n) is 1.53. The summed E-state index contributed by atoms with van der Waals surface area (Å²) < 4.78 is 4.80. The number of carbonyl (C=O) groups is 1. The summed E-state index contributed by atoms with van der Waals surface area (Å²) in [7, 11) is 0. The van der Waals surface area contributed by atoms with Crippen LogP contribution in [0, 0.1) is 11.3 Å². The van der Waals surface area contributed by atoms with Crippen molar-refractivity contribution in [3.05, 3.63) is 36.2 Å². The second-order valence-corrected chi connectivity index (χ2v) is 3.54. The average Bonchev–Trinajstić information content (AvgIpc) is 2.69. The van der Waals surface area contributed by atoms with E-state index in [1.807, 2.05) is 30.3 Å². The fraction of sp³-hybridized carbons (Fsp3) is 0.167. The van der Waals surface area contributed by atoms with Crippen LogP contribution in [0.15, 0.2) is 36.2 Å². The van der Waals surface area contributed by atoms with E-state index in [0.29, 0.717) is 5.82 Å². The Kier molecular flexibility index (Phi) is 2.97. The van der Waals surface area contributed by atoms with Crippen LogP contribution in [0.1, 0.15) is 6.92 Å². The standard InChI is InChI=1S/C12H11N3O2/c1-8(16)17-9(7-13)6-12-14-10-4-2-3-5-11(10)15-12/h2-6,9,14-15H,1H3. The van der Waals surface area contributed by atoms with Crippen LogP contribution >= 0.6 is 0 Å². The third-order valence-electron chi connectivity index (χ3n) is 2.20. The van der Waals surface area contributed by atoms with Gasteiger partial charge in [-0.15, -0.1) is 0 Å². The molecular formula is C12H11N3O2. The first-order valence-corrected chi connectivity index (χ1v) is 5.11. The number of ether oxygens (including phenoxy) is 1. The molecule has 1 aliphatic rings. The number of esters is 1. The minimum absolute atomic E-state index is 0.482. The van der Waals surface area contributed by atoms with Crippen molar-refractivity contribution >= 4 is 17.3 Å². The van der Waals surface area contributed by atoms with E-state index in [1.165, 1.54) is 13.0 Å². The summed E-state index contributed by atoms with van der Waals surface area (Å²) in [5, 5.41) is 15.0. The van der Waals surface area contributed by atoms with Gasteiger partial charge >= 0.3 is 5.97 Å². The van der Waals surface area contributed by atoms with Crippen LogP contribution in [-0.2, 0) is 9.53 Å². The van der Waals surface area contributed by atoms with E-state index in [9.17, 15) is 4.79 Å². The first-order valence-electron chi connectivity index (χ1n) is 5.11. The summed E-state index contributed by atoms with van der Waals surface area (Å²) in [4.78, 5) is 10.8. The number of fused-ring (bicyclic) bond motifs is 1. The third-order valence-corrected chi connectivity index (χ3v) is 2.20. The maximum Gasteiger partial charge on any atom is 0.304 e. The highest BCUT2D eigenvalue weighted by Gasteiger charge is 2.15. The molecule has 0 spiro atoms. The number of nitriles is 1. The van der Waals surface area contributed by atoms with Gasteiger partial charge in [0, 0.05) is 13.0 Å². The second-order valence-electron chi connectivity index (χ2n) is 3.54. The number of nitrogens with one attached hydrogen (secondary N) is 2. The molecule has 0 fully saturated rings. The van der Waals surface area contributed by atoms with Crippen molar-refractivity contribution in [3.8, 4) is 6.07 Å². The number of para-hydroxylation sites is 2. The molecule has 0 aromatic heterocycles. The lowest BCUT2D eigenvalue weighted by Crippen LogP contribution is -2.14. The SMILES string of the molecule is CC(=O)OC(C#N)C=C1Nc2ccccc2N1. The predicted molar refractivity (Wildman–Crippen MR) is 62.9 cm³/mol. The van der Waals surface area contributed by atoms with Crippen molar-refractivity contribution in [1.82, 2.24) is 0 Å². The minimum Gasteiger partial charge on any atom is -0.443 e. The van der Waals surface area contributed by atoms with Gasteiger partial charge < -0.3 is 15.4 Å². The highest BCUT2D eigenvalue weighted by Crippen LogP contribution is 2.29. The van der Waals surface area contributed by atoms with E-state index in [4.69, 9.17) is 10.00 Å². The molecule has 0 amide bonds. The maximum atomic E-state index is 10.8. The summed E-state index contributed by atoms with van der Waals surface area (Å²) in [5.74, 6) is 0.155. The Bertz CT molecular complexity index is 490. The van der Waals surface area contributed by atoms with E-state index in [2.05, 4.69) is 10.6 Å². The lowest BCUT2D eigenvalue weighted by atomic mass is 10.3. The molecule has 1 atom stereocenters. The summed E-state index contributed by atoms with van der Waals surface area (Å²) >= 11 is 0. The van der Waals surface area contributed by atoms with E-state index >= 15 is 0 Å². The van der Waals surface area contributed by atoms with Crippen molar-refractivity contribution in [2.24, 2.45) is 0 Å². The molecule has 0 radical (unpaired) electrons. The molecule has 2 rings (SSSR count). The summed E-state index contributed by atoms with van der Waals surface area (Å²) in [5.41, 5.74) is 1.86. The van der Waals surface area contributed by atoms with E-state index in [0.717, 1.165) is 11.4 Å². The summed E-state index contributed by atoms with van der Waals surface area (Å²) in [6, 6.07) is 9.53. The van der Waals surface area contributed by atoms with Crippen LogP contribution in [-0.4, -0.2) is 12.1 Å². The molecule has 86 valence electrons. The van der Waals surface area contributed by atoms with Crippen LogP contribution in [0.4, 0.5) is 11.4 Å². The molecule has 1 aliphatic heterocycles. The Morgan fingerprint density at radius 1 is 1.41 bits per heavy atom. The minimum atomic E-state index is -0.892. The van der Waals surface area contributed by atoms with Gasteiger partial charge in [0.15, 0.2) is 0 Å². The Morgan fingerprint density at radius 3 is 2.47 bits per heavy atom. The van der Waals surface area contributed by atoms with Crippen molar-refractivity contribution in [2.45, 2.75) is 13.0 Å². The Morgan fingerprint density at radius 2 is 2.00 bits per heavy atom.